The molecule has 3 aromatic rings. The second-order valence-corrected chi connectivity index (χ2v) is 7.40. The summed E-state index contributed by atoms with van der Waals surface area (Å²) in [7, 11) is 1.36. The van der Waals surface area contributed by atoms with Crippen LogP contribution in [0, 0.1) is 11.3 Å². The predicted molar refractivity (Wildman–Crippen MR) is 129 cm³/mol. The smallest absolute Gasteiger partial charge is 0.310 e. The van der Waals surface area contributed by atoms with Crippen LogP contribution in [-0.2, 0) is 22.5 Å². The fraction of sp³-hybridized carbons (Fsp3) is 0.407. The van der Waals surface area contributed by atoms with Crippen LogP contribution in [0.5, 0.6) is 0 Å². The lowest BCUT2D eigenvalue weighted by Gasteiger charge is -2.10. The predicted octanol–water partition coefficient (Wildman–Crippen LogP) is 6.84. The van der Waals surface area contributed by atoms with Gasteiger partial charge >= 0.3 is 5.97 Å². The normalized spacial score (nSPS) is 9.90. The highest BCUT2D eigenvalue weighted by Gasteiger charge is 2.19. The highest BCUT2D eigenvalue weighted by molar-refractivity contribution is 5.90. The summed E-state index contributed by atoms with van der Waals surface area (Å²) >= 11 is 0. The Morgan fingerprint density at radius 2 is 1.65 bits per heavy atom. The molecule has 4 nitrogen and oxygen atoms in total. The quantitative estimate of drug-likeness (QED) is 0.424. The summed E-state index contributed by atoms with van der Waals surface area (Å²) < 4.78 is 6.79. The Morgan fingerprint density at radius 1 is 1.06 bits per heavy atom. The van der Waals surface area contributed by atoms with Gasteiger partial charge in [-0.25, -0.2) is 0 Å². The van der Waals surface area contributed by atoms with E-state index in [0.29, 0.717) is 18.2 Å². The number of rotatable bonds is 5. The van der Waals surface area contributed by atoms with E-state index in [4.69, 9.17) is 4.74 Å². The van der Waals surface area contributed by atoms with E-state index >= 15 is 0 Å². The average molecular weight is 421 g/mol. The molecule has 0 atom stereocenters. The zero-order chi connectivity index (χ0) is 23.4. The van der Waals surface area contributed by atoms with Gasteiger partial charge in [0, 0.05) is 23.0 Å². The molecule has 0 N–H and O–H groups in total. The van der Waals surface area contributed by atoms with Crippen LogP contribution in [0.15, 0.2) is 48.5 Å². The Labute approximate surface area is 187 Å². The van der Waals surface area contributed by atoms with Crippen LogP contribution in [0.1, 0.15) is 76.3 Å². The van der Waals surface area contributed by atoms with Crippen LogP contribution in [0.4, 0.5) is 0 Å². The molecular formula is C27H36N2O2. The number of para-hydroxylation sites is 1. The van der Waals surface area contributed by atoms with E-state index in [2.05, 4.69) is 58.0 Å². The number of fused-ring (bicyclic) bond motifs is 1. The van der Waals surface area contributed by atoms with Gasteiger partial charge in [-0.2, -0.15) is 5.26 Å². The van der Waals surface area contributed by atoms with Crippen molar-refractivity contribution in [3.05, 3.63) is 70.9 Å². The van der Waals surface area contributed by atoms with Crippen molar-refractivity contribution in [1.82, 2.24) is 4.57 Å². The molecule has 166 valence electrons. The fourth-order valence-corrected chi connectivity index (χ4v) is 3.25. The van der Waals surface area contributed by atoms with Crippen LogP contribution >= 0.6 is 0 Å². The van der Waals surface area contributed by atoms with Gasteiger partial charge in [0.05, 0.1) is 13.5 Å². The van der Waals surface area contributed by atoms with Crippen molar-refractivity contribution in [2.45, 2.75) is 66.8 Å². The minimum atomic E-state index is -0.342. The first-order chi connectivity index (χ1) is 15.0. The largest absolute Gasteiger partial charge is 0.469 e. The first-order valence-corrected chi connectivity index (χ1v) is 11.1. The topological polar surface area (TPSA) is 55.0 Å². The van der Waals surface area contributed by atoms with Gasteiger partial charge < -0.3 is 9.30 Å². The molecule has 0 spiro atoms. The Hall–Kier alpha value is -3.06. The lowest BCUT2D eigenvalue weighted by molar-refractivity contribution is -0.139. The maximum atomic E-state index is 11.8. The molecule has 1 heterocycles. The van der Waals surface area contributed by atoms with Gasteiger partial charge in [0.25, 0.3) is 0 Å². The molecule has 2 aromatic carbocycles. The molecule has 0 radical (unpaired) electrons. The molecule has 0 unspecified atom stereocenters. The van der Waals surface area contributed by atoms with Gasteiger partial charge in [-0.15, -0.1) is 0 Å². The summed E-state index contributed by atoms with van der Waals surface area (Å²) in [6, 6.07) is 18.6. The minimum absolute atomic E-state index is 0.0964. The molecule has 0 bridgehead atoms. The number of methoxy groups -OCH3 is 1. The van der Waals surface area contributed by atoms with E-state index < -0.39 is 0 Å². The van der Waals surface area contributed by atoms with E-state index in [-0.39, 0.29) is 12.4 Å². The van der Waals surface area contributed by atoms with E-state index in [0.717, 1.165) is 22.0 Å². The molecule has 4 heteroatoms. The van der Waals surface area contributed by atoms with Crippen molar-refractivity contribution >= 4 is 16.9 Å². The number of nitrogens with zero attached hydrogens (tertiary/aromatic N) is 2. The van der Waals surface area contributed by atoms with Gasteiger partial charge in [-0.3, -0.25) is 4.79 Å². The first-order valence-electron chi connectivity index (χ1n) is 11.1. The Balaban J connectivity index is 0.000000884. The van der Waals surface area contributed by atoms with E-state index in [1.807, 2.05) is 42.7 Å². The second kappa shape index (κ2) is 13.3. The number of esters is 1. The number of carbonyl (C=O) groups excluding carboxylic acids is 1. The van der Waals surface area contributed by atoms with Crippen molar-refractivity contribution < 1.29 is 9.53 Å². The third kappa shape index (κ3) is 6.72. The van der Waals surface area contributed by atoms with Crippen molar-refractivity contribution in [2.75, 3.05) is 7.11 Å². The van der Waals surface area contributed by atoms with Gasteiger partial charge in [-0.1, -0.05) is 90.4 Å². The summed E-state index contributed by atoms with van der Waals surface area (Å²) in [5, 5.41) is 10.7. The van der Waals surface area contributed by atoms with Crippen LogP contribution in [0.3, 0.4) is 0 Å². The third-order valence-electron chi connectivity index (χ3n) is 4.72. The molecule has 0 saturated heterocycles. The molecule has 3 rings (SSSR count). The van der Waals surface area contributed by atoms with Crippen molar-refractivity contribution in [3.63, 3.8) is 0 Å². The van der Waals surface area contributed by atoms with E-state index in [9.17, 15) is 10.1 Å². The number of nitriles is 1. The van der Waals surface area contributed by atoms with Crippen LogP contribution < -0.4 is 0 Å². The van der Waals surface area contributed by atoms with Gasteiger partial charge in [-0.05, 0) is 23.1 Å². The summed E-state index contributed by atoms with van der Waals surface area (Å²) in [5.74, 6) is 0.142. The number of hydrogen-bond donors (Lipinski definition) is 0. The molecule has 0 aliphatic carbocycles. The van der Waals surface area contributed by atoms with Crippen LogP contribution in [-0.4, -0.2) is 17.6 Å². The monoisotopic (exact) mass is 420 g/mol. The number of hydrogen-bond acceptors (Lipinski definition) is 3. The number of carbonyl (C=O) groups is 1. The molecular weight excluding hydrogens is 384 g/mol. The average Bonchev–Trinajstić information content (AvgIpc) is 3.08. The molecule has 31 heavy (non-hydrogen) atoms. The summed E-state index contributed by atoms with van der Waals surface area (Å²) in [6.07, 6.45) is 1.35. The highest BCUT2D eigenvalue weighted by Crippen LogP contribution is 2.28. The maximum absolute atomic E-state index is 11.8. The third-order valence-corrected chi connectivity index (χ3v) is 4.72. The van der Waals surface area contributed by atoms with E-state index in [1.165, 1.54) is 19.1 Å². The molecule has 0 amide bonds. The van der Waals surface area contributed by atoms with Crippen molar-refractivity contribution in [3.8, 4) is 6.07 Å². The van der Waals surface area contributed by atoms with Crippen molar-refractivity contribution in [1.29, 1.82) is 5.26 Å². The zero-order valence-corrected chi connectivity index (χ0v) is 20.0. The summed E-state index contributed by atoms with van der Waals surface area (Å²) in [5.41, 5.74) is 4.61. The zero-order valence-electron chi connectivity index (χ0n) is 20.0. The second-order valence-electron chi connectivity index (χ2n) is 7.40. The molecule has 0 fully saturated rings. The summed E-state index contributed by atoms with van der Waals surface area (Å²) in [4.78, 5) is 11.8. The molecule has 1 aromatic heterocycles. The standard InChI is InChI=1S/C22H22N2O2.C3H8.C2H6/c1-15(2)17-10-8-16(9-11-17)14-24-20-7-5-4-6-18(20)19(21(24)13-23)12-22(25)26-3;1-3-2;1-2/h4-11,15H,12,14H2,1-3H3;3H2,1-2H3;1-2H3. The van der Waals surface area contributed by atoms with Crippen molar-refractivity contribution in [2.24, 2.45) is 0 Å². The Bertz CT molecular complexity index is 992. The first kappa shape index (κ1) is 26.0. The van der Waals surface area contributed by atoms with Gasteiger partial charge in [0.1, 0.15) is 11.8 Å². The summed E-state index contributed by atoms with van der Waals surface area (Å²) in [6.45, 7) is 13.2. The van der Waals surface area contributed by atoms with E-state index in [1.54, 1.807) is 0 Å². The van der Waals surface area contributed by atoms with Gasteiger partial charge in [0.15, 0.2) is 0 Å². The molecule has 0 saturated carbocycles. The van der Waals surface area contributed by atoms with Crippen LogP contribution in [0.25, 0.3) is 10.9 Å². The fourth-order valence-electron chi connectivity index (χ4n) is 3.25. The molecule has 0 aliphatic rings. The SMILES string of the molecule is CC.CCC.COC(=O)Cc1c(C#N)n(Cc2ccc(C(C)C)cc2)c2ccccc12. The van der Waals surface area contributed by atoms with Crippen LogP contribution in [0.2, 0.25) is 0 Å². The minimum Gasteiger partial charge on any atom is -0.469 e. The lowest BCUT2D eigenvalue weighted by atomic mass is 10.0. The Morgan fingerprint density at radius 3 is 2.16 bits per heavy atom. The highest BCUT2D eigenvalue weighted by atomic mass is 16.5. The number of ether oxygens (including phenoxy) is 1. The molecule has 0 aliphatic heterocycles. The lowest BCUT2D eigenvalue weighted by Crippen LogP contribution is -2.07. The Kier molecular flexibility index (Phi) is 11.1. The number of benzene rings is 2. The van der Waals surface area contributed by atoms with Gasteiger partial charge in [0.2, 0.25) is 0 Å². The maximum Gasteiger partial charge on any atom is 0.310 e. The number of aromatic nitrogens is 1.